The van der Waals surface area contributed by atoms with Gasteiger partial charge in [-0.05, 0) is 29.3 Å². The van der Waals surface area contributed by atoms with Crippen molar-refractivity contribution in [3.05, 3.63) is 53.9 Å². The Balaban J connectivity index is -0.000000934. The zero-order valence-electron chi connectivity index (χ0n) is 13.4. The van der Waals surface area contributed by atoms with Crippen LogP contribution >= 0.6 is 0 Å². The summed E-state index contributed by atoms with van der Waals surface area (Å²) in [7, 11) is 2.41. The van der Waals surface area contributed by atoms with E-state index < -0.39 is 5.90 Å². The predicted molar refractivity (Wildman–Crippen MR) is 80.3 cm³/mol. The van der Waals surface area contributed by atoms with Crippen molar-refractivity contribution in [1.82, 2.24) is 4.98 Å². The number of hydrogen-bond acceptors (Lipinski definition) is 7. The van der Waals surface area contributed by atoms with Crippen molar-refractivity contribution in [1.29, 1.82) is 0 Å². The fourth-order valence-corrected chi connectivity index (χ4v) is 1.49. The second-order valence-corrected chi connectivity index (χ2v) is 3.76. The van der Waals surface area contributed by atoms with Gasteiger partial charge in [0.1, 0.15) is 5.75 Å². The normalized spacial score (nSPS) is 9.64. The van der Waals surface area contributed by atoms with E-state index in [2.05, 4.69) is 15.2 Å². The number of rotatable bonds is 4. The monoisotopic (exact) mass is 517 g/mol. The van der Waals surface area contributed by atoms with E-state index in [9.17, 15) is 10.2 Å². The summed E-state index contributed by atoms with van der Waals surface area (Å²) in [5.74, 6) is -0.585. The van der Waals surface area contributed by atoms with Crippen LogP contribution in [0.15, 0.2) is 52.9 Å². The molecule has 0 spiro atoms. The van der Waals surface area contributed by atoms with Gasteiger partial charge in [-0.2, -0.15) is 10.2 Å². The van der Waals surface area contributed by atoms with Gasteiger partial charge < -0.3 is 31.0 Å². The molecule has 0 bridgehead atoms. The number of pyridine rings is 1. The predicted octanol–water partition coefficient (Wildman–Crippen LogP) is -0.327. The minimum atomic E-state index is -0.501. The number of aromatic nitrogens is 1. The van der Waals surface area contributed by atoms with Gasteiger partial charge in [-0.3, -0.25) is 4.98 Å². The van der Waals surface area contributed by atoms with Gasteiger partial charge in [-0.15, -0.1) is 0 Å². The molecular formula is C15H15N3O6W-6. The average molecular weight is 517 g/mol. The number of benzene rings is 1. The minimum absolute atomic E-state index is 0. The Morgan fingerprint density at radius 1 is 1.16 bits per heavy atom. The first-order chi connectivity index (χ1) is 10.7. The zero-order chi connectivity index (χ0) is 16.4. The maximum Gasteiger partial charge on any atom is 0.111 e. The molecule has 0 atom stereocenters. The van der Waals surface area contributed by atoms with E-state index in [0.717, 1.165) is 7.11 Å². The molecule has 0 amide bonds. The number of para-hydroxylation sites is 1. The van der Waals surface area contributed by atoms with Gasteiger partial charge in [-0.1, -0.05) is 17.9 Å². The smallest absolute Gasteiger partial charge is 0.111 e. The van der Waals surface area contributed by atoms with Gasteiger partial charge in [-0.25, -0.2) is 0 Å². The van der Waals surface area contributed by atoms with Crippen LogP contribution < -0.4 is 14.9 Å². The fourth-order valence-electron chi connectivity index (χ4n) is 1.49. The van der Waals surface area contributed by atoms with E-state index in [1.807, 2.05) is 0 Å². The number of aliphatic hydroxyl groups excluding tert-OH is 1. The Hall–Kier alpha value is -2.32. The first-order valence-electron chi connectivity index (χ1n) is 6.19. The van der Waals surface area contributed by atoms with Crippen molar-refractivity contribution >= 4 is 12.1 Å². The molecule has 0 unspecified atom stereocenters. The van der Waals surface area contributed by atoms with Crippen molar-refractivity contribution in [3.63, 3.8) is 0 Å². The third-order valence-electron chi connectivity index (χ3n) is 2.50. The molecule has 0 saturated carbocycles. The Labute approximate surface area is 159 Å². The quantitative estimate of drug-likeness (QED) is 0.332. The summed E-state index contributed by atoms with van der Waals surface area (Å²) in [6.07, 6.45) is 4.21. The molecule has 0 fully saturated rings. The van der Waals surface area contributed by atoms with E-state index in [-0.39, 0.29) is 43.5 Å². The van der Waals surface area contributed by atoms with Crippen LogP contribution in [0.3, 0.4) is 0 Å². The maximum absolute atomic E-state index is 11.8. The molecule has 2 rings (SSSR count). The minimum Gasteiger partial charge on any atom is -2.00 e. The molecule has 0 radical (unpaired) electrons. The first kappa shape index (κ1) is 27.5. The van der Waals surface area contributed by atoms with Crippen LogP contribution in [0.5, 0.6) is 11.5 Å². The number of hydrogen-bond donors (Lipinski definition) is 1. The Morgan fingerprint density at radius 3 is 2.32 bits per heavy atom. The molecule has 1 N–H and O–H groups in total. The van der Waals surface area contributed by atoms with Crippen molar-refractivity contribution in [3.8, 4) is 11.5 Å². The van der Waals surface area contributed by atoms with E-state index in [1.165, 1.54) is 37.9 Å². The topological polar surface area (TPSA) is 170 Å². The molecule has 1 aromatic carbocycles. The Bertz CT molecular complexity index is 653. The number of methoxy groups -OCH3 is 1. The molecule has 0 aliphatic rings. The summed E-state index contributed by atoms with van der Waals surface area (Å²) in [5.41, 5.74) is 0.681. The molecule has 1 aromatic heterocycles. The molecular weight excluding hydrogens is 502 g/mol. The van der Waals surface area contributed by atoms with Crippen LogP contribution in [-0.2, 0) is 32.0 Å². The molecule has 0 saturated heterocycles. The van der Waals surface area contributed by atoms with E-state index in [1.54, 1.807) is 18.2 Å². The summed E-state index contributed by atoms with van der Waals surface area (Å²) in [6, 6.07) is 7.85. The molecule has 0 aliphatic heterocycles. The van der Waals surface area contributed by atoms with Crippen molar-refractivity contribution in [2.24, 2.45) is 10.2 Å². The summed E-state index contributed by atoms with van der Waals surface area (Å²) in [6.45, 7) is 0. The second-order valence-electron chi connectivity index (χ2n) is 3.76. The molecule has 9 nitrogen and oxygen atoms in total. The van der Waals surface area contributed by atoms with Gasteiger partial charge in [0.2, 0.25) is 0 Å². The molecule has 2 aromatic rings. The van der Waals surface area contributed by atoms with Crippen molar-refractivity contribution in [2.75, 3.05) is 14.2 Å². The summed E-state index contributed by atoms with van der Waals surface area (Å²) < 4.78 is 4.90. The first-order valence-corrected chi connectivity index (χ1v) is 6.19. The summed E-state index contributed by atoms with van der Waals surface area (Å²) >= 11 is 0. The largest absolute Gasteiger partial charge is 2.00 e. The van der Waals surface area contributed by atoms with Gasteiger partial charge in [0.05, 0.1) is 13.3 Å². The SMILES string of the molecule is CO.COc1cccc(/C=N/N=C(\[O-])c2ccncc2)c1[O-].[O-2].[O-2].[W]. The maximum atomic E-state index is 11.8. The molecule has 1 heterocycles. The molecule has 25 heavy (non-hydrogen) atoms. The van der Waals surface area contributed by atoms with Gasteiger partial charge in [0.25, 0.3) is 0 Å². The van der Waals surface area contributed by atoms with Crippen LogP contribution in [0.1, 0.15) is 11.1 Å². The number of aliphatic hydroxyl groups is 1. The summed E-state index contributed by atoms with van der Waals surface area (Å²) in [4.78, 5) is 3.80. The number of ether oxygens (including phenoxy) is 1. The molecule has 0 aliphatic carbocycles. The summed E-state index contributed by atoms with van der Waals surface area (Å²) in [5, 5.41) is 37.6. The van der Waals surface area contributed by atoms with Crippen LogP contribution in [0, 0.1) is 0 Å². The van der Waals surface area contributed by atoms with Gasteiger partial charge in [0.15, 0.2) is 0 Å². The second kappa shape index (κ2) is 15.2. The van der Waals surface area contributed by atoms with Gasteiger partial charge >= 0.3 is 0 Å². The van der Waals surface area contributed by atoms with Crippen LogP contribution in [0.25, 0.3) is 0 Å². The Morgan fingerprint density at radius 2 is 1.76 bits per heavy atom. The van der Waals surface area contributed by atoms with Crippen LogP contribution in [-0.4, -0.2) is 36.4 Å². The van der Waals surface area contributed by atoms with E-state index in [0.29, 0.717) is 11.1 Å². The fraction of sp³-hybridized carbons (Fsp3) is 0.133. The van der Waals surface area contributed by atoms with Gasteiger partial charge in [0, 0.05) is 46.5 Å². The third kappa shape index (κ3) is 8.37. The van der Waals surface area contributed by atoms with Crippen molar-refractivity contribution < 1.29 is 52.1 Å². The third-order valence-corrected chi connectivity index (χ3v) is 2.50. The zero-order valence-corrected chi connectivity index (χ0v) is 16.3. The van der Waals surface area contributed by atoms with E-state index in [4.69, 9.17) is 9.84 Å². The average Bonchev–Trinajstić information content (AvgIpc) is 2.59. The standard InChI is InChI=1S/C14H13N3O3.CH4O.2O.W/c1-20-12-4-2-3-11(13(12)18)9-16-17-14(19)10-5-7-15-8-6-10;1-2;;;/h2-9,18H,1H3,(H,17,19);2H,1H3;;;/q;;2*-2;/p-2/b16-9+;;;;. The van der Waals surface area contributed by atoms with E-state index >= 15 is 0 Å². The van der Waals surface area contributed by atoms with Crippen LogP contribution in [0.2, 0.25) is 0 Å². The van der Waals surface area contributed by atoms with Crippen LogP contribution in [0.4, 0.5) is 0 Å². The molecule has 138 valence electrons. The molecule has 10 heteroatoms. The van der Waals surface area contributed by atoms with Crippen molar-refractivity contribution in [2.45, 2.75) is 0 Å². The number of nitrogens with zero attached hydrogens (tertiary/aromatic N) is 3. The Kier molecular flexibility index (Phi) is 16.8.